The van der Waals surface area contributed by atoms with Crippen LogP contribution < -0.4 is 34.0 Å². The second-order valence-electron chi connectivity index (χ2n) is 1.03. The van der Waals surface area contributed by atoms with Gasteiger partial charge in [-0.2, -0.15) is 0 Å². The normalized spacial score (nSPS) is 8.00. The molecule has 0 aliphatic carbocycles. The summed E-state index contributed by atoms with van der Waals surface area (Å²) in [6, 6.07) is 0. The van der Waals surface area contributed by atoms with Crippen LogP contribution in [0.1, 0.15) is 0 Å². The van der Waals surface area contributed by atoms with E-state index in [9.17, 15) is 0 Å². The molecule has 0 spiro atoms. The van der Waals surface area contributed by atoms with Crippen molar-refractivity contribution in [3.05, 3.63) is 0 Å². The number of ether oxygens (including phenoxy) is 2. The first-order valence-corrected chi connectivity index (χ1v) is 2.62. The van der Waals surface area contributed by atoms with Gasteiger partial charge in [0.15, 0.2) is 0 Å². The first-order valence-electron chi connectivity index (χ1n) is 1.92. The average molecular weight is 308 g/mol. The molecular weight excluding hydrogens is 299 g/mol. The molecule has 0 unspecified atom stereocenters. The van der Waals surface area contributed by atoms with Gasteiger partial charge in [0.25, 0.3) is 0 Å². The molecule has 2 nitrogen and oxygen atoms in total. The van der Waals surface area contributed by atoms with E-state index < -0.39 is 0 Å². The number of rotatable bonds is 3. The van der Waals surface area contributed by atoms with Gasteiger partial charge in [0, 0.05) is 0 Å². The molecule has 9 heavy (non-hydrogen) atoms. The Morgan fingerprint density at radius 1 is 1.22 bits per heavy atom. The minimum atomic E-state index is -0.181. The SMILES string of the molecule is COC([CH2][Ni+2])OC.[Br-].[Br-]. The summed E-state index contributed by atoms with van der Waals surface area (Å²) < 4.78 is 9.47. The molecule has 0 N–H and O–H groups in total. The smallest absolute Gasteiger partial charge is 1.00 e. The molecule has 0 aliphatic heterocycles. The van der Waals surface area contributed by atoms with Crippen LogP contribution in [0.25, 0.3) is 0 Å². The van der Waals surface area contributed by atoms with Crippen LogP contribution >= 0.6 is 0 Å². The molecule has 0 radical (unpaired) electrons. The van der Waals surface area contributed by atoms with Crippen molar-refractivity contribution in [2.45, 2.75) is 11.7 Å². The molecule has 0 aliphatic rings. The average Bonchev–Trinajstić information content (AvgIpc) is 1.72. The predicted molar refractivity (Wildman–Crippen MR) is 22.6 cm³/mol. The monoisotopic (exact) mass is 305 g/mol. The van der Waals surface area contributed by atoms with Crippen molar-refractivity contribution in [2.24, 2.45) is 0 Å². The van der Waals surface area contributed by atoms with Crippen LogP contribution in [0, 0.1) is 0 Å². The van der Waals surface area contributed by atoms with Crippen LogP contribution in [-0.2, 0) is 24.9 Å². The van der Waals surface area contributed by atoms with Crippen molar-refractivity contribution < 1.29 is 58.9 Å². The van der Waals surface area contributed by atoms with Crippen molar-refractivity contribution in [3.8, 4) is 0 Å². The summed E-state index contributed by atoms with van der Waals surface area (Å²) in [5.41, 5.74) is 0. The first kappa shape index (κ1) is 16.8. The Morgan fingerprint density at radius 2 is 1.56 bits per heavy atom. The van der Waals surface area contributed by atoms with Gasteiger partial charge in [0.2, 0.25) is 0 Å². The van der Waals surface area contributed by atoms with Gasteiger partial charge < -0.3 is 34.0 Å². The molecule has 0 heterocycles. The van der Waals surface area contributed by atoms with Crippen molar-refractivity contribution in [3.63, 3.8) is 0 Å². The fourth-order valence-corrected chi connectivity index (χ4v) is 0.531. The largest absolute Gasteiger partial charge is 1.00 e. The second kappa shape index (κ2) is 12.1. The molecule has 0 rings (SSSR count). The topological polar surface area (TPSA) is 18.5 Å². The summed E-state index contributed by atoms with van der Waals surface area (Å²) >= 11 is 4.36. The maximum absolute atomic E-state index is 4.73. The van der Waals surface area contributed by atoms with Crippen LogP contribution in [-0.4, -0.2) is 20.5 Å². The van der Waals surface area contributed by atoms with Gasteiger partial charge in [0.1, 0.15) is 0 Å². The standard InChI is InChI=1S/C4H9O2.2BrH.Ni/c1-4(5-2)6-3;;;/h4H,1H2,2-3H3;2*1H;/q;;;+2/p-2. The minimum Gasteiger partial charge on any atom is -1.00 e. The van der Waals surface area contributed by atoms with Gasteiger partial charge in [-0.25, -0.2) is 0 Å². The van der Waals surface area contributed by atoms with Crippen molar-refractivity contribution in [1.82, 2.24) is 0 Å². The molecule has 61 valence electrons. The van der Waals surface area contributed by atoms with Gasteiger partial charge >= 0.3 is 50.8 Å². The third-order valence-corrected chi connectivity index (χ3v) is 0.960. The van der Waals surface area contributed by atoms with Gasteiger partial charge in [-0.05, 0) is 0 Å². The van der Waals surface area contributed by atoms with E-state index in [0.29, 0.717) is 5.39 Å². The Labute approximate surface area is 84.6 Å². The van der Waals surface area contributed by atoms with Gasteiger partial charge in [0.05, 0.1) is 0 Å². The first-order chi connectivity index (χ1) is 3.35. The molecule has 0 aromatic heterocycles. The Morgan fingerprint density at radius 3 is 1.56 bits per heavy atom. The summed E-state index contributed by atoms with van der Waals surface area (Å²) in [6.07, 6.45) is -0.181. The number of hydrogen-bond donors (Lipinski definition) is 0. The predicted octanol–water partition coefficient (Wildman–Crippen LogP) is -5.42. The maximum Gasteiger partial charge on any atom is -1.00 e. The quantitative estimate of drug-likeness (QED) is 0.383. The van der Waals surface area contributed by atoms with Crippen molar-refractivity contribution in [1.29, 1.82) is 0 Å². The van der Waals surface area contributed by atoms with Crippen molar-refractivity contribution >= 4 is 0 Å². The van der Waals surface area contributed by atoms with Crippen molar-refractivity contribution in [2.75, 3.05) is 14.2 Å². The Bertz CT molecular complexity index is 38.0. The van der Waals surface area contributed by atoms with E-state index in [2.05, 4.69) is 15.5 Å². The van der Waals surface area contributed by atoms with Gasteiger partial charge in [-0.15, -0.1) is 0 Å². The number of hydrogen-bond acceptors (Lipinski definition) is 2. The third-order valence-electron chi connectivity index (χ3n) is 0.631. The van der Waals surface area contributed by atoms with Gasteiger partial charge in [-0.3, -0.25) is 0 Å². The molecular formula is C4H9Br2NiO2. The Hall–Kier alpha value is 1.37. The molecule has 0 atom stereocenters. The van der Waals surface area contributed by atoms with E-state index in [1.54, 1.807) is 14.2 Å². The summed E-state index contributed by atoms with van der Waals surface area (Å²) in [7, 11) is 3.15. The molecule has 5 heteroatoms. The Kier molecular flexibility index (Phi) is 22.5. The zero-order valence-corrected chi connectivity index (χ0v) is 9.33. The molecule has 0 fully saturated rings. The fraction of sp³-hybridized carbons (Fsp3) is 1.00. The van der Waals surface area contributed by atoms with E-state index >= 15 is 0 Å². The van der Waals surface area contributed by atoms with E-state index in [1.807, 2.05) is 0 Å². The zero-order valence-electron chi connectivity index (χ0n) is 5.17. The fourth-order valence-electron chi connectivity index (χ4n) is 0.202. The van der Waals surface area contributed by atoms with E-state index in [4.69, 9.17) is 9.47 Å². The molecule has 0 aromatic rings. The molecule has 0 saturated heterocycles. The van der Waals surface area contributed by atoms with E-state index in [-0.39, 0.29) is 40.3 Å². The van der Waals surface area contributed by atoms with Crippen LogP contribution in [0.4, 0.5) is 0 Å². The summed E-state index contributed by atoms with van der Waals surface area (Å²) in [6.45, 7) is 0. The second-order valence-corrected chi connectivity index (χ2v) is 1.43. The van der Waals surface area contributed by atoms with Crippen LogP contribution in [0.2, 0.25) is 5.39 Å². The van der Waals surface area contributed by atoms with Gasteiger partial charge in [-0.1, -0.05) is 0 Å². The number of halogens is 2. The van der Waals surface area contributed by atoms with E-state index in [1.165, 1.54) is 0 Å². The summed E-state index contributed by atoms with van der Waals surface area (Å²) in [5, 5.41) is 0.535. The molecule has 0 amide bonds. The summed E-state index contributed by atoms with van der Waals surface area (Å²) in [5.74, 6) is 0. The number of methoxy groups -OCH3 is 2. The third kappa shape index (κ3) is 9.37. The zero-order chi connectivity index (χ0) is 5.70. The van der Waals surface area contributed by atoms with Crippen LogP contribution in [0.15, 0.2) is 0 Å². The molecule has 0 aromatic carbocycles. The Balaban J connectivity index is -0.000000180. The summed E-state index contributed by atoms with van der Waals surface area (Å²) in [4.78, 5) is 0. The molecule has 0 saturated carbocycles. The van der Waals surface area contributed by atoms with Crippen LogP contribution in [0.5, 0.6) is 0 Å². The van der Waals surface area contributed by atoms with Crippen LogP contribution in [0.3, 0.4) is 0 Å². The maximum atomic E-state index is 4.73. The van der Waals surface area contributed by atoms with E-state index in [0.717, 1.165) is 0 Å². The molecule has 0 bridgehead atoms. The minimum absolute atomic E-state index is 0.